The topological polar surface area (TPSA) is 74.6 Å². The van der Waals surface area contributed by atoms with Gasteiger partial charge in [-0.25, -0.2) is 0 Å². The molecule has 0 spiro atoms. The van der Waals surface area contributed by atoms with Crippen molar-refractivity contribution in [2.75, 3.05) is 0 Å². The molecule has 1 heterocycles. The maximum absolute atomic E-state index is 13.6. The van der Waals surface area contributed by atoms with Crippen molar-refractivity contribution in [3.05, 3.63) is 129 Å². The van der Waals surface area contributed by atoms with Crippen LogP contribution in [0.2, 0.25) is 0 Å². The van der Waals surface area contributed by atoms with Gasteiger partial charge >= 0.3 is 0 Å². The summed E-state index contributed by atoms with van der Waals surface area (Å²) < 4.78 is 2.21. The first-order valence-corrected chi connectivity index (χ1v) is 17.7. The van der Waals surface area contributed by atoms with Crippen LogP contribution in [0.15, 0.2) is 95.8 Å². The van der Waals surface area contributed by atoms with Crippen molar-refractivity contribution in [3.63, 3.8) is 0 Å². The van der Waals surface area contributed by atoms with Crippen LogP contribution >= 0.6 is 11.3 Å². The van der Waals surface area contributed by atoms with Crippen LogP contribution in [0.1, 0.15) is 117 Å². The highest BCUT2D eigenvalue weighted by atomic mass is 32.1. The van der Waals surface area contributed by atoms with Crippen molar-refractivity contribution in [2.45, 2.75) is 95.2 Å². The molecule has 0 unspecified atom stereocenters. The van der Waals surface area contributed by atoms with E-state index in [-0.39, 0.29) is 11.2 Å². The molecule has 0 aliphatic heterocycles. The molecule has 2 aliphatic carbocycles. The van der Waals surface area contributed by atoms with E-state index < -0.39 is 11.2 Å². The number of carbonyl (C=O) groups excluding carboxylic acids is 1. The third-order valence-corrected chi connectivity index (χ3v) is 11.2. The zero-order chi connectivity index (χ0) is 32.3. The number of aliphatic hydroxyl groups is 2. The Kier molecular flexibility index (Phi) is 9.56. The molecule has 238 valence electrons. The molecule has 0 radical (unpaired) electrons. The first-order valence-electron chi connectivity index (χ1n) is 16.8. The van der Waals surface area contributed by atoms with E-state index in [0.717, 1.165) is 69.8 Å². The van der Waals surface area contributed by atoms with Gasteiger partial charge in [0.1, 0.15) is 0 Å². The largest absolute Gasteiger partial charge is 0.385 e. The van der Waals surface area contributed by atoms with Crippen LogP contribution in [0, 0.1) is 0 Å². The fourth-order valence-corrected chi connectivity index (χ4v) is 8.76. The summed E-state index contributed by atoms with van der Waals surface area (Å²) in [5.41, 5.74) is 2.18. The molecule has 4 aromatic carbocycles. The molecule has 4 nitrogen and oxygen atoms in total. The summed E-state index contributed by atoms with van der Waals surface area (Å²) in [7, 11) is 0. The van der Waals surface area contributed by atoms with Gasteiger partial charge in [-0.1, -0.05) is 125 Å². The summed E-state index contributed by atoms with van der Waals surface area (Å²) in [6.07, 6.45) is 8.98. The van der Waals surface area contributed by atoms with Gasteiger partial charge in [-0.2, -0.15) is 0 Å². The van der Waals surface area contributed by atoms with Gasteiger partial charge in [0, 0.05) is 31.3 Å². The highest BCUT2D eigenvalue weighted by Gasteiger charge is 2.37. The summed E-state index contributed by atoms with van der Waals surface area (Å²) in [4.78, 5) is 26.1. The predicted octanol–water partition coefficient (Wildman–Crippen LogP) is 9.76. The second kappa shape index (κ2) is 13.6. The lowest BCUT2D eigenvalue weighted by Gasteiger charge is -2.35. The smallest absolute Gasteiger partial charge is 0.195 e. The molecule has 2 aliphatic rings. The minimum atomic E-state index is -0.929. The van der Waals surface area contributed by atoms with Gasteiger partial charge < -0.3 is 10.2 Å². The standard InChI is InChI=1S/C25H30O3.C16H14OS/c26-23(19-11-3-5-13-21(19)24(27)15-7-1-8-16-24)20-12-4-6-14-22(20)25(28)17-9-2-10-18-25;1-10(2)11-7-5-8-13-15(17)12-6-3-4-9-14(12)18-16(11)13/h3-6,11-14,27-28H,1-2,7-10,15-18H2;3-10H,1-2H3. The van der Waals surface area contributed by atoms with Crippen LogP contribution in [-0.2, 0) is 11.2 Å². The minimum Gasteiger partial charge on any atom is -0.385 e. The van der Waals surface area contributed by atoms with Crippen molar-refractivity contribution in [1.29, 1.82) is 0 Å². The number of hydrogen-bond acceptors (Lipinski definition) is 5. The third-order valence-electron chi connectivity index (χ3n) is 9.96. The van der Waals surface area contributed by atoms with E-state index in [4.69, 9.17) is 0 Å². The molecular formula is C41H44O4S. The van der Waals surface area contributed by atoms with E-state index in [1.807, 2.05) is 84.9 Å². The molecule has 0 bridgehead atoms. The Morgan fingerprint density at radius 2 is 1.11 bits per heavy atom. The Hall–Kier alpha value is -3.64. The maximum atomic E-state index is 13.6. The first-order chi connectivity index (χ1) is 22.2. The SMILES string of the molecule is CC(C)c1cccc2c(=O)c3ccccc3sc12.O=C(c1ccccc1C1(O)CCCCC1)c1ccccc1C1(O)CCCCC1. The average Bonchev–Trinajstić information content (AvgIpc) is 3.09. The van der Waals surface area contributed by atoms with Crippen LogP contribution in [0.4, 0.5) is 0 Å². The van der Waals surface area contributed by atoms with Crippen molar-refractivity contribution < 1.29 is 15.0 Å². The normalized spacial score (nSPS) is 17.4. The fraction of sp³-hybridized carbons (Fsp3) is 0.366. The van der Waals surface area contributed by atoms with E-state index in [2.05, 4.69) is 19.9 Å². The summed E-state index contributed by atoms with van der Waals surface area (Å²) >= 11 is 1.72. The van der Waals surface area contributed by atoms with Crippen molar-refractivity contribution in [1.82, 2.24) is 0 Å². The van der Waals surface area contributed by atoms with E-state index >= 15 is 0 Å². The molecule has 46 heavy (non-hydrogen) atoms. The van der Waals surface area contributed by atoms with Crippen LogP contribution in [-0.4, -0.2) is 16.0 Å². The Bertz CT molecular complexity index is 1840. The van der Waals surface area contributed by atoms with Gasteiger partial charge in [0.25, 0.3) is 0 Å². The average molecular weight is 633 g/mol. The number of rotatable bonds is 5. The highest BCUT2D eigenvalue weighted by Crippen LogP contribution is 2.42. The van der Waals surface area contributed by atoms with E-state index in [1.165, 1.54) is 5.56 Å². The lowest BCUT2D eigenvalue weighted by molar-refractivity contribution is -0.00188. The lowest BCUT2D eigenvalue weighted by atomic mass is 9.74. The molecule has 1 aromatic heterocycles. The molecule has 0 saturated heterocycles. The molecule has 0 atom stereocenters. The van der Waals surface area contributed by atoms with Crippen LogP contribution in [0.5, 0.6) is 0 Å². The quantitative estimate of drug-likeness (QED) is 0.149. The third kappa shape index (κ3) is 6.33. The zero-order valence-corrected chi connectivity index (χ0v) is 27.7. The molecular weight excluding hydrogens is 589 g/mol. The van der Waals surface area contributed by atoms with Crippen molar-refractivity contribution in [3.8, 4) is 0 Å². The highest BCUT2D eigenvalue weighted by molar-refractivity contribution is 7.24. The van der Waals surface area contributed by atoms with Crippen LogP contribution < -0.4 is 5.43 Å². The minimum absolute atomic E-state index is 0.0933. The fourth-order valence-electron chi connectivity index (χ4n) is 7.43. The summed E-state index contributed by atoms with van der Waals surface area (Å²) in [6.45, 7) is 4.34. The van der Waals surface area contributed by atoms with Crippen LogP contribution in [0.25, 0.3) is 20.2 Å². The molecule has 5 heteroatoms. The molecule has 0 amide bonds. The monoisotopic (exact) mass is 632 g/mol. The Balaban J connectivity index is 0.000000178. The van der Waals surface area contributed by atoms with Crippen LogP contribution in [0.3, 0.4) is 0 Å². The van der Waals surface area contributed by atoms with Gasteiger partial charge in [-0.15, -0.1) is 11.3 Å². The summed E-state index contributed by atoms with van der Waals surface area (Å²) in [5, 5.41) is 24.3. The van der Waals surface area contributed by atoms with Gasteiger partial charge in [0.15, 0.2) is 11.2 Å². The Morgan fingerprint density at radius 3 is 1.65 bits per heavy atom. The molecule has 5 aromatic rings. The second-order valence-corrected chi connectivity index (χ2v) is 14.5. The van der Waals surface area contributed by atoms with E-state index in [0.29, 0.717) is 42.7 Å². The molecule has 2 fully saturated rings. The van der Waals surface area contributed by atoms with Gasteiger partial charge in [-0.05, 0) is 66.5 Å². The molecule has 2 N–H and O–H groups in total. The number of carbonyl (C=O) groups is 1. The summed E-state index contributed by atoms with van der Waals surface area (Å²) in [6, 6.07) is 28.9. The van der Waals surface area contributed by atoms with E-state index in [1.54, 1.807) is 11.3 Å². The molecule has 7 rings (SSSR count). The maximum Gasteiger partial charge on any atom is 0.195 e. The number of ketones is 1. The lowest BCUT2D eigenvalue weighted by Crippen LogP contribution is -2.32. The Labute approximate surface area is 275 Å². The van der Waals surface area contributed by atoms with Gasteiger partial charge in [0.05, 0.1) is 11.2 Å². The zero-order valence-electron chi connectivity index (χ0n) is 26.9. The number of benzene rings is 4. The Morgan fingerprint density at radius 1 is 0.630 bits per heavy atom. The second-order valence-electron chi connectivity index (χ2n) is 13.4. The van der Waals surface area contributed by atoms with Gasteiger partial charge in [0.2, 0.25) is 0 Å². The number of hydrogen-bond donors (Lipinski definition) is 2. The van der Waals surface area contributed by atoms with Crippen molar-refractivity contribution in [2.24, 2.45) is 0 Å². The summed E-state index contributed by atoms with van der Waals surface area (Å²) in [5.74, 6) is 0.342. The predicted molar refractivity (Wildman–Crippen MR) is 190 cm³/mol. The number of fused-ring (bicyclic) bond motifs is 2. The van der Waals surface area contributed by atoms with Crippen molar-refractivity contribution >= 4 is 37.3 Å². The van der Waals surface area contributed by atoms with Gasteiger partial charge in [-0.3, -0.25) is 9.59 Å². The van der Waals surface area contributed by atoms with E-state index in [9.17, 15) is 19.8 Å². The molecule has 2 saturated carbocycles. The first kappa shape index (κ1) is 32.3.